The van der Waals surface area contributed by atoms with E-state index in [1.54, 1.807) is 0 Å². The Morgan fingerprint density at radius 3 is 2.25 bits per heavy atom. The fraction of sp³-hybridized carbons (Fsp3) is 0.588. The van der Waals surface area contributed by atoms with E-state index < -0.39 is 0 Å². The first-order valence-corrected chi connectivity index (χ1v) is 7.88. The van der Waals surface area contributed by atoms with Crippen LogP contribution in [0.15, 0.2) is 24.3 Å². The number of carbonyl (C=O) groups excluding carboxylic acids is 1. The van der Waals surface area contributed by atoms with E-state index in [1.807, 2.05) is 12.1 Å². The highest BCUT2D eigenvalue weighted by molar-refractivity contribution is 5.81. The third kappa shape index (κ3) is 3.53. The molecule has 2 aliphatic rings. The molecular weight excluding hydrogens is 248 g/mol. The number of anilines is 1. The molecule has 3 rings (SSSR count). The minimum absolute atomic E-state index is 0.133. The lowest BCUT2D eigenvalue weighted by atomic mass is 10.1. The van der Waals surface area contributed by atoms with E-state index in [-0.39, 0.29) is 5.91 Å². The predicted molar refractivity (Wildman–Crippen MR) is 81.7 cm³/mol. The van der Waals surface area contributed by atoms with Gasteiger partial charge >= 0.3 is 0 Å². The number of benzene rings is 1. The molecule has 1 amide bonds. The van der Waals surface area contributed by atoms with Crippen LogP contribution in [0, 0.1) is 11.8 Å². The number of hydrogen-bond donors (Lipinski definition) is 2. The molecule has 2 N–H and O–H groups in total. The molecule has 2 fully saturated rings. The van der Waals surface area contributed by atoms with Gasteiger partial charge in [0, 0.05) is 11.7 Å². The van der Waals surface area contributed by atoms with Crippen LogP contribution in [-0.2, 0) is 11.2 Å². The Morgan fingerprint density at radius 1 is 1.15 bits per heavy atom. The van der Waals surface area contributed by atoms with Crippen molar-refractivity contribution in [1.29, 1.82) is 0 Å². The Morgan fingerprint density at radius 2 is 1.75 bits per heavy atom. The molecule has 20 heavy (non-hydrogen) atoms. The van der Waals surface area contributed by atoms with Gasteiger partial charge in [0.25, 0.3) is 0 Å². The average Bonchev–Trinajstić information content (AvgIpc) is 3.36. The van der Waals surface area contributed by atoms with Crippen molar-refractivity contribution < 1.29 is 4.79 Å². The summed E-state index contributed by atoms with van der Waals surface area (Å²) in [4.78, 5) is 12.0. The standard InChI is InChI=1S/C17H24N2O/c1-2-12-3-9-15(10-4-12)18-11-16(20)19-17(13-5-6-13)14-7-8-14/h3-4,9-10,13-14,17-18H,2,5-8,11H2,1H3,(H,19,20). The molecule has 0 radical (unpaired) electrons. The van der Waals surface area contributed by atoms with Crippen molar-refractivity contribution in [3.05, 3.63) is 29.8 Å². The molecular formula is C17H24N2O. The van der Waals surface area contributed by atoms with Crippen LogP contribution < -0.4 is 10.6 Å². The van der Waals surface area contributed by atoms with Crippen LogP contribution in [0.1, 0.15) is 38.2 Å². The van der Waals surface area contributed by atoms with E-state index in [4.69, 9.17) is 0 Å². The number of hydrogen-bond acceptors (Lipinski definition) is 2. The van der Waals surface area contributed by atoms with Gasteiger partial charge in [0.15, 0.2) is 0 Å². The van der Waals surface area contributed by atoms with Crippen LogP contribution in [0.25, 0.3) is 0 Å². The van der Waals surface area contributed by atoms with Crippen molar-refractivity contribution in [3.8, 4) is 0 Å². The minimum Gasteiger partial charge on any atom is -0.376 e. The first kappa shape index (κ1) is 13.5. The van der Waals surface area contributed by atoms with Gasteiger partial charge in [-0.15, -0.1) is 0 Å². The minimum atomic E-state index is 0.133. The van der Waals surface area contributed by atoms with Gasteiger partial charge in [0.05, 0.1) is 6.54 Å². The summed E-state index contributed by atoms with van der Waals surface area (Å²) in [6, 6.07) is 8.76. The summed E-state index contributed by atoms with van der Waals surface area (Å²) in [5, 5.41) is 6.44. The molecule has 0 atom stereocenters. The molecule has 108 valence electrons. The molecule has 0 aliphatic heterocycles. The molecule has 2 saturated carbocycles. The smallest absolute Gasteiger partial charge is 0.239 e. The second-order valence-electron chi connectivity index (χ2n) is 6.17. The number of nitrogens with one attached hydrogen (secondary N) is 2. The van der Waals surface area contributed by atoms with Crippen LogP contribution in [0.3, 0.4) is 0 Å². The number of rotatable bonds is 7. The lowest BCUT2D eigenvalue weighted by Gasteiger charge is -2.18. The Balaban J connectivity index is 1.45. The molecule has 0 aromatic heterocycles. The highest BCUT2D eigenvalue weighted by Gasteiger charge is 2.42. The van der Waals surface area contributed by atoms with Gasteiger partial charge in [-0.25, -0.2) is 0 Å². The van der Waals surface area contributed by atoms with Gasteiger partial charge in [0.2, 0.25) is 5.91 Å². The van der Waals surface area contributed by atoms with Crippen molar-refractivity contribution in [2.24, 2.45) is 11.8 Å². The summed E-state index contributed by atoms with van der Waals surface area (Å²) in [6.07, 6.45) is 6.24. The third-order valence-corrected chi connectivity index (χ3v) is 4.40. The zero-order chi connectivity index (χ0) is 13.9. The van der Waals surface area contributed by atoms with Crippen molar-refractivity contribution in [3.63, 3.8) is 0 Å². The van der Waals surface area contributed by atoms with Crippen molar-refractivity contribution in [2.75, 3.05) is 11.9 Å². The summed E-state index contributed by atoms with van der Waals surface area (Å²) in [7, 11) is 0. The number of carbonyl (C=O) groups is 1. The first-order chi connectivity index (χ1) is 9.76. The van der Waals surface area contributed by atoms with Crippen LogP contribution in [0.2, 0.25) is 0 Å². The maximum Gasteiger partial charge on any atom is 0.239 e. The molecule has 3 heteroatoms. The highest BCUT2D eigenvalue weighted by Crippen LogP contribution is 2.44. The molecule has 0 spiro atoms. The van der Waals surface area contributed by atoms with Gasteiger partial charge in [-0.3, -0.25) is 4.79 Å². The molecule has 0 saturated heterocycles. The lowest BCUT2D eigenvalue weighted by Crippen LogP contribution is -2.41. The molecule has 2 aliphatic carbocycles. The second-order valence-corrected chi connectivity index (χ2v) is 6.17. The summed E-state index contributed by atoms with van der Waals surface area (Å²) in [6.45, 7) is 2.52. The van der Waals surface area contributed by atoms with Crippen molar-refractivity contribution in [2.45, 2.75) is 45.1 Å². The van der Waals surface area contributed by atoms with Gasteiger partial charge < -0.3 is 10.6 Å². The molecule has 0 bridgehead atoms. The number of amides is 1. The SMILES string of the molecule is CCc1ccc(NCC(=O)NC(C2CC2)C2CC2)cc1. The Bertz CT molecular complexity index is 448. The summed E-state index contributed by atoms with van der Waals surface area (Å²) < 4.78 is 0. The van der Waals surface area contributed by atoms with Gasteiger partial charge in [-0.05, 0) is 61.6 Å². The predicted octanol–water partition coefficient (Wildman–Crippen LogP) is 2.97. The number of aryl methyl sites for hydroxylation is 1. The zero-order valence-electron chi connectivity index (χ0n) is 12.2. The van der Waals surface area contributed by atoms with E-state index >= 15 is 0 Å². The van der Waals surface area contributed by atoms with E-state index in [0.717, 1.165) is 23.9 Å². The molecule has 0 heterocycles. The van der Waals surface area contributed by atoms with Gasteiger partial charge in [-0.1, -0.05) is 19.1 Å². The van der Waals surface area contributed by atoms with Crippen LogP contribution in [-0.4, -0.2) is 18.5 Å². The Labute approximate surface area is 121 Å². The fourth-order valence-corrected chi connectivity index (χ4v) is 2.81. The quantitative estimate of drug-likeness (QED) is 0.801. The zero-order valence-corrected chi connectivity index (χ0v) is 12.2. The largest absolute Gasteiger partial charge is 0.376 e. The van der Waals surface area contributed by atoms with Crippen LogP contribution >= 0.6 is 0 Å². The summed E-state index contributed by atoms with van der Waals surface area (Å²) >= 11 is 0. The Hall–Kier alpha value is -1.51. The van der Waals surface area contributed by atoms with Crippen LogP contribution in [0.5, 0.6) is 0 Å². The topological polar surface area (TPSA) is 41.1 Å². The van der Waals surface area contributed by atoms with Crippen molar-refractivity contribution in [1.82, 2.24) is 5.32 Å². The van der Waals surface area contributed by atoms with Gasteiger partial charge in [-0.2, -0.15) is 0 Å². The second kappa shape index (κ2) is 5.86. The highest BCUT2D eigenvalue weighted by atomic mass is 16.2. The van der Waals surface area contributed by atoms with E-state index in [1.165, 1.54) is 31.2 Å². The maximum absolute atomic E-state index is 12.0. The molecule has 3 nitrogen and oxygen atoms in total. The molecule has 1 aromatic carbocycles. The molecule has 1 aromatic rings. The van der Waals surface area contributed by atoms with E-state index in [2.05, 4.69) is 29.7 Å². The van der Waals surface area contributed by atoms with E-state index in [0.29, 0.717) is 12.6 Å². The molecule has 0 unspecified atom stereocenters. The first-order valence-electron chi connectivity index (χ1n) is 7.88. The van der Waals surface area contributed by atoms with Gasteiger partial charge in [0.1, 0.15) is 0 Å². The Kier molecular flexibility index (Phi) is 3.95. The van der Waals surface area contributed by atoms with Crippen molar-refractivity contribution >= 4 is 11.6 Å². The normalized spacial score (nSPS) is 18.1. The van der Waals surface area contributed by atoms with Crippen LogP contribution in [0.4, 0.5) is 5.69 Å². The van der Waals surface area contributed by atoms with E-state index in [9.17, 15) is 4.79 Å². The third-order valence-electron chi connectivity index (χ3n) is 4.40. The fourth-order valence-electron chi connectivity index (χ4n) is 2.81. The summed E-state index contributed by atoms with van der Waals surface area (Å²) in [5.74, 6) is 1.65. The maximum atomic E-state index is 12.0. The average molecular weight is 272 g/mol. The lowest BCUT2D eigenvalue weighted by molar-refractivity contribution is -0.120. The monoisotopic (exact) mass is 272 g/mol. The summed E-state index contributed by atoms with van der Waals surface area (Å²) in [5.41, 5.74) is 2.34.